The van der Waals surface area contributed by atoms with Crippen LogP contribution in [0.2, 0.25) is 0 Å². The number of imide groups is 1. The zero-order chi connectivity index (χ0) is 20.1. The van der Waals surface area contributed by atoms with Crippen LogP contribution >= 0.6 is 0 Å². The lowest BCUT2D eigenvalue weighted by Gasteiger charge is -2.17. The van der Waals surface area contributed by atoms with E-state index in [1.54, 1.807) is 54.6 Å². The molecule has 1 atom stereocenters. The second-order valence-corrected chi connectivity index (χ2v) is 5.74. The van der Waals surface area contributed by atoms with E-state index in [0.29, 0.717) is 10.9 Å². The topological polar surface area (TPSA) is 115 Å². The predicted octanol–water partition coefficient (Wildman–Crippen LogP) is 2.15. The van der Waals surface area contributed by atoms with Gasteiger partial charge >= 0.3 is 12.0 Å². The molecule has 142 valence electrons. The number of carbonyl (C=O) groups is 3. The lowest BCUT2D eigenvalue weighted by molar-refractivity contribution is -0.129. The number of para-hydroxylation sites is 1. The molecule has 2 N–H and O–H groups in total. The maximum Gasteiger partial charge on any atom is 0.375 e. The Kier molecular flexibility index (Phi) is 5.50. The Morgan fingerprint density at radius 1 is 1.00 bits per heavy atom. The van der Waals surface area contributed by atoms with Crippen LogP contribution in [0, 0.1) is 0 Å². The van der Waals surface area contributed by atoms with Crippen LogP contribution in [0.3, 0.4) is 0 Å². The molecule has 1 aromatic heterocycles. The summed E-state index contributed by atoms with van der Waals surface area (Å²) in [6.45, 7) is 0. The van der Waals surface area contributed by atoms with Crippen molar-refractivity contribution in [2.24, 2.45) is 0 Å². The first-order chi connectivity index (χ1) is 13.5. The fraction of sp³-hybridized carbons (Fsp3) is 0.100. The summed E-state index contributed by atoms with van der Waals surface area (Å²) in [7, 11) is 1.34. The number of rotatable bonds is 4. The van der Waals surface area contributed by atoms with E-state index >= 15 is 0 Å². The van der Waals surface area contributed by atoms with Crippen molar-refractivity contribution in [2.45, 2.75) is 6.10 Å². The highest BCUT2D eigenvalue weighted by atomic mass is 16.6. The van der Waals surface area contributed by atoms with Gasteiger partial charge in [-0.15, -0.1) is 0 Å². The van der Waals surface area contributed by atoms with Crippen LogP contribution in [0.15, 0.2) is 69.9 Å². The molecule has 0 bridgehead atoms. The van der Waals surface area contributed by atoms with E-state index < -0.39 is 29.4 Å². The van der Waals surface area contributed by atoms with Gasteiger partial charge < -0.3 is 14.5 Å². The van der Waals surface area contributed by atoms with E-state index in [1.807, 2.05) is 0 Å². The Balaban J connectivity index is 1.92. The van der Waals surface area contributed by atoms with Crippen LogP contribution < -0.4 is 16.1 Å². The first kappa shape index (κ1) is 18.8. The molecule has 0 aliphatic carbocycles. The van der Waals surface area contributed by atoms with Gasteiger partial charge in [0.1, 0.15) is 5.58 Å². The van der Waals surface area contributed by atoms with Gasteiger partial charge in [-0.3, -0.25) is 14.9 Å². The van der Waals surface area contributed by atoms with Crippen LogP contribution in [0.5, 0.6) is 0 Å². The van der Waals surface area contributed by atoms with Crippen molar-refractivity contribution in [1.29, 1.82) is 0 Å². The quantitative estimate of drug-likeness (QED) is 0.670. The van der Waals surface area contributed by atoms with Gasteiger partial charge in [0.2, 0.25) is 11.9 Å². The van der Waals surface area contributed by atoms with E-state index in [4.69, 9.17) is 9.15 Å². The van der Waals surface area contributed by atoms with Gasteiger partial charge in [0.05, 0.1) is 5.39 Å². The molecular weight excluding hydrogens is 364 g/mol. The number of fused-ring (bicyclic) bond motifs is 1. The largest absolute Gasteiger partial charge is 0.449 e. The van der Waals surface area contributed by atoms with Crippen molar-refractivity contribution in [3.8, 4) is 0 Å². The highest BCUT2D eigenvalue weighted by Gasteiger charge is 2.28. The third-order valence-electron chi connectivity index (χ3n) is 3.86. The minimum absolute atomic E-state index is 0.216. The van der Waals surface area contributed by atoms with Gasteiger partial charge in [-0.1, -0.05) is 42.5 Å². The Morgan fingerprint density at radius 2 is 1.68 bits per heavy atom. The Hall–Kier alpha value is -3.94. The maximum absolute atomic E-state index is 12.5. The number of benzene rings is 2. The third kappa shape index (κ3) is 4.07. The molecule has 0 spiro atoms. The van der Waals surface area contributed by atoms with Crippen molar-refractivity contribution in [2.75, 3.05) is 7.05 Å². The molecule has 3 aromatic rings. The second kappa shape index (κ2) is 8.17. The molecule has 28 heavy (non-hydrogen) atoms. The summed E-state index contributed by atoms with van der Waals surface area (Å²) in [4.78, 5) is 48.6. The van der Waals surface area contributed by atoms with Crippen molar-refractivity contribution in [1.82, 2.24) is 10.6 Å². The number of hydrogen-bond acceptors (Lipinski definition) is 6. The number of carbonyl (C=O) groups excluding carboxylic acids is 3. The van der Waals surface area contributed by atoms with E-state index in [9.17, 15) is 19.2 Å². The van der Waals surface area contributed by atoms with Gasteiger partial charge in [0.25, 0.3) is 5.91 Å². The summed E-state index contributed by atoms with van der Waals surface area (Å²) in [5.41, 5.74) is 0.147. The molecule has 0 saturated carbocycles. The van der Waals surface area contributed by atoms with E-state index in [2.05, 4.69) is 10.6 Å². The molecule has 0 aliphatic rings. The molecule has 0 radical (unpaired) electrons. The SMILES string of the molecule is CNC(=O)NC(=O)C(OC(=O)c1cc(=O)c2ccccc2o1)c1ccccc1. The van der Waals surface area contributed by atoms with Gasteiger partial charge in [-0.05, 0) is 12.1 Å². The van der Waals surface area contributed by atoms with Crippen molar-refractivity contribution in [3.63, 3.8) is 0 Å². The highest BCUT2D eigenvalue weighted by molar-refractivity contribution is 5.98. The summed E-state index contributed by atoms with van der Waals surface area (Å²) in [6, 6.07) is 14.9. The lowest BCUT2D eigenvalue weighted by atomic mass is 10.1. The summed E-state index contributed by atoms with van der Waals surface area (Å²) in [5.74, 6) is -2.21. The molecule has 0 fully saturated rings. The number of urea groups is 1. The van der Waals surface area contributed by atoms with Gasteiger partial charge in [-0.2, -0.15) is 0 Å². The van der Waals surface area contributed by atoms with Crippen molar-refractivity contribution < 1.29 is 23.5 Å². The van der Waals surface area contributed by atoms with E-state index in [1.165, 1.54) is 7.05 Å². The molecule has 8 heteroatoms. The monoisotopic (exact) mass is 380 g/mol. The summed E-state index contributed by atoms with van der Waals surface area (Å²) in [6.07, 6.45) is -1.41. The van der Waals surface area contributed by atoms with E-state index in [-0.39, 0.29) is 11.3 Å². The Bertz CT molecular complexity index is 1090. The predicted molar refractivity (Wildman–Crippen MR) is 99.7 cm³/mol. The summed E-state index contributed by atoms with van der Waals surface area (Å²) in [5, 5.41) is 4.63. The number of esters is 1. The van der Waals surface area contributed by atoms with Crippen LogP contribution in [0.25, 0.3) is 11.0 Å². The smallest absolute Gasteiger partial charge is 0.375 e. The van der Waals surface area contributed by atoms with Crippen LogP contribution in [-0.2, 0) is 9.53 Å². The molecule has 0 saturated heterocycles. The molecule has 1 heterocycles. The zero-order valence-electron chi connectivity index (χ0n) is 14.8. The Morgan fingerprint density at radius 3 is 2.39 bits per heavy atom. The minimum Gasteiger partial charge on any atom is -0.449 e. The molecular formula is C20H16N2O6. The second-order valence-electron chi connectivity index (χ2n) is 5.74. The van der Waals surface area contributed by atoms with Crippen molar-refractivity contribution >= 4 is 28.9 Å². The lowest BCUT2D eigenvalue weighted by Crippen LogP contribution is -2.41. The fourth-order valence-corrected chi connectivity index (χ4v) is 2.51. The van der Waals surface area contributed by atoms with Gasteiger partial charge in [0.15, 0.2) is 5.43 Å². The van der Waals surface area contributed by atoms with Crippen LogP contribution in [0.1, 0.15) is 22.2 Å². The molecule has 0 aliphatic heterocycles. The maximum atomic E-state index is 12.5. The average molecular weight is 380 g/mol. The number of hydrogen-bond donors (Lipinski definition) is 2. The minimum atomic E-state index is -1.41. The van der Waals surface area contributed by atoms with Gasteiger partial charge in [0, 0.05) is 18.7 Å². The Labute approximate surface area is 159 Å². The number of ether oxygens (including phenoxy) is 1. The average Bonchev–Trinajstić information content (AvgIpc) is 2.72. The molecule has 3 rings (SSSR count). The normalized spacial score (nSPS) is 11.5. The molecule has 8 nitrogen and oxygen atoms in total. The van der Waals surface area contributed by atoms with Crippen LogP contribution in [0.4, 0.5) is 4.79 Å². The number of nitrogens with one attached hydrogen (secondary N) is 2. The zero-order valence-corrected chi connectivity index (χ0v) is 14.8. The molecule has 1 unspecified atom stereocenters. The van der Waals surface area contributed by atoms with E-state index in [0.717, 1.165) is 6.07 Å². The molecule has 3 amide bonds. The van der Waals surface area contributed by atoms with Crippen LogP contribution in [-0.4, -0.2) is 25.0 Å². The third-order valence-corrected chi connectivity index (χ3v) is 3.86. The number of amides is 3. The fourth-order valence-electron chi connectivity index (χ4n) is 2.51. The summed E-state index contributed by atoms with van der Waals surface area (Å²) >= 11 is 0. The first-order valence-corrected chi connectivity index (χ1v) is 8.31. The highest BCUT2D eigenvalue weighted by Crippen LogP contribution is 2.20. The summed E-state index contributed by atoms with van der Waals surface area (Å²) < 4.78 is 10.7. The standard InChI is InChI=1S/C20H16N2O6/c1-21-20(26)22-18(24)17(12-7-3-2-4-8-12)28-19(25)16-11-14(23)13-9-5-6-10-15(13)27-16/h2-11,17H,1H3,(H2,21,22,24,26). The van der Waals surface area contributed by atoms with Gasteiger partial charge in [-0.25, -0.2) is 9.59 Å². The van der Waals surface area contributed by atoms with Crippen molar-refractivity contribution in [3.05, 3.63) is 82.2 Å². The molecule has 2 aromatic carbocycles. The first-order valence-electron chi connectivity index (χ1n) is 8.31.